The molecule has 114 valence electrons. The summed E-state index contributed by atoms with van der Waals surface area (Å²) >= 11 is 0. The second-order valence-corrected chi connectivity index (χ2v) is 4.72. The second kappa shape index (κ2) is 7.73. The summed E-state index contributed by atoms with van der Waals surface area (Å²) in [6, 6.07) is 5.03. The molecule has 0 unspecified atom stereocenters. The highest BCUT2D eigenvalue weighted by Gasteiger charge is 2.08. The van der Waals surface area contributed by atoms with Gasteiger partial charge in [0.25, 0.3) is 0 Å². The van der Waals surface area contributed by atoms with Crippen LogP contribution in [0.15, 0.2) is 24.5 Å². The standard InChI is InChI=1S/C15H21FN4O/c1-3-7-17-9-12-5-6-14(13(16)8-12)21-10-15-18-11-19-20(15)4-2/h5-6,8,11,17H,3-4,7,9-10H2,1-2H3. The Bertz CT molecular complexity index is 571. The lowest BCUT2D eigenvalue weighted by atomic mass is 10.2. The molecule has 0 radical (unpaired) electrons. The summed E-state index contributed by atoms with van der Waals surface area (Å²) in [4.78, 5) is 4.09. The van der Waals surface area contributed by atoms with Crippen molar-refractivity contribution in [1.29, 1.82) is 0 Å². The van der Waals surface area contributed by atoms with Gasteiger partial charge in [-0.05, 0) is 37.6 Å². The normalized spacial score (nSPS) is 10.8. The predicted molar refractivity (Wildman–Crippen MR) is 78.4 cm³/mol. The molecule has 1 aromatic carbocycles. The molecule has 0 atom stereocenters. The molecule has 6 heteroatoms. The van der Waals surface area contributed by atoms with Gasteiger partial charge in [0, 0.05) is 13.1 Å². The van der Waals surface area contributed by atoms with E-state index in [0.717, 1.165) is 18.5 Å². The van der Waals surface area contributed by atoms with Crippen LogP contribution in [0.5, 0.6) is 5.75 Å². The Hall–Kier alpha value is -1.95. The maximum Gasteiger partial charge on any atom is 0.165 e. The number of ether oxygens (including phenoxy) is 1. The predicted octanol–water partition coefficient (Wildman–Crippen LogP) is 2.52. The number of aromatic nitrogens is 3. The molecule has 1 aromatic heterocycles. The van der Waals surface area contributed by atoms with Crippen molar-refractivity contribution in [3.63, 3.8) is 0 Å². The highest BCUT2D eigenvalue weighted by Crippen LogP contribution is 2.19. The van der Waals surface area contributed by atoms with Gasteiger partial charge in [-0.1, -0.05) is 13.0 Å². The Morgan fingerprint density at radius 1 is 1.33 bits per heavy atom. The highest BCUT2D eigenvalue weighted by molar-refractivity contribution is 5.29. The van der Waals surface area contributed by atoms with Crippen LogP contribution in [-0.2, 0) is 19.7 Å². The van der Waals surface area contributed by atoms with Gasteiger partial charge in [-0.3, -0.25) is 0 Å². The monoisotopic (exact) mass is 292 g/mol. The van der Waals surface area contributed by atoms with Crippen LogP contribution in [0.2, 0.25) is 0 Å². The number of nitrogens with zero attached hydrogens (tertiary/aromatic N) is 3. The Morgan fingerprint density at radius 3 is 2.90 bits per heavy atom. The molecule has 1 N–H and O–H groups in total. The van der Waals surface area contributed by atoms with E-state index >= 15 is 0 Å². The minimum absolute atomic E-state index is 0.207. The summed E-state index contributed by atoms with van der Waals surface area (Å²) in [6.45, 7) is 6.57. The molecule has 0 spiro atoms. The van der Waals surface area contributed by atoms with Crippen LogP contribution >= 0.6 is 0 Å². The van der Waals surface area contributed by atoms with Crippen LogP contribution in [0.3, 0.4) is 0 Å². The molecule has 1 heterocycles. The van der Waals surface area contributed by atoms with Gasteiger partial charge >= 0.3 is 0 Å². The van der Waals surface area contributed by atoms with E-state index in [1.807, 2.05) is 13.0 Å². The molecule has 0 aliphatic carbocycles. The van der Waals surface area contributed by atoms with E-state index in [1.165, 1.54) is 12.4 Å². The molecule has 0 aliphatic rings. The van der Waals surface area contributed by atoms with Crippen LogP contribution in [0.25, 0.3) is 0 Å². The quantitative estimate of drug-likeness (QED) is 0.760. The Kier molecular flexibility index (Phi) is 5.68. The smallest absolute Gasteiger partial charge is 0.165 e. The fourth-order valence-corrected chi connectivity index (χ4v) is 1.99. The van der Waals surface area contributed by atoms with Gasteiger partial charge in [-0.25, -0.2) is 14.1 Å². The van der Waals surface area contributed by atoms with Crippen molar-refractivity contribution in [2.75, 3.05) is 6.54 Å². The number of hydrogen-bond acceptors (Lipinski definition) is 4. The third-order valence-corrected chi connectivity index (χ3v) is 3.10. The van der Waals surface area contributed by atoms with E-state index in [1.54, 1.807) is 10.7 Å². The maximum absolute atomic E-state index is 14.0. The average molecular weight is 292 g/mol. The van der Waals surface area contributed by atoms with Crippen LogP contribution < -0.4 is 10.1 Å². The minimum Gasteiger partial charge on any atom is -0.483 e. The number of halogens is 1. The van der Waals surface area contributed by atoms with Crippen LogP contribution in [-0.4, -0.2) is 21.3 Å². The van der Waals surface area contributed by atoms with Crippen LogP contribution in [0.4, 0.5) is 4.39 Å². The first kappa shape index (κ1) is 15.4. The van der Waals surface area contributed by atoms with Crippen molar-refractivity contribution in [2.24, 2.45) is 0 Å². The summed E-state index contributed by atoms with van der Waals surface area (Å²) in [6.07, 6.45) is 2.53. The molecule has 0 bridgehead atoms. The molecule has 21 heavy (non-hydrogen) atoms. The summed E-state index contributed by atoms with van der Waals surface area (Å²) in [7, 11) is 0. The van der Waals surface area contributed by atoms with Gasteiger partial charge in [-0.2, -0.15) is 5.10 Å². The van der Waals surface area contributed by atoms with Crippen molar-refractivity contribution in [3.05, 3.63) is 41.7 Å². The largest absolute Gasteiger partial charge is 0.483 e. The second-order valence-electron chi connectivity index (χ2n) is 4.72. The minimum atomic E-state index is -0.353. The third-order valence-electron chi connectivity index (χ3n) is 3.10. The lowest BCUT2D eigenvalue weighted by molar-refractivity contribution is 0.273. The number of benzene rings is 1. The van der Waals surface area contributed by atoms with Gasteiger partial charge in [0.2, 0.25) is 0 Å². The highest BCUT2D eigenvalue weighted by atomic mass is 19.1. The van der Waals surface area contributed by atoms with Crippen molar-refractivity contribution in [3.8, 4) is 5.75 Å². The van der Waals surface area contributed by atoms with Gasteiger partial charge < -0.3 is 10.1 Å². The van der Waals surface area contributed by atoms with Crippen molar-refractivity contribution in [2.45, 2.75) is 40.0 Å². The first-order valence-electron chi connectivity index (χ1n) is 7.23. The summed E-state index contributed by atoms with van der Waals surface area (Å²) in [5, 5.41) is 7.29. The van der Waals surface area contributed by atoms with Crippen LogP contribution in [0, 0.1) is 5.82 Å². The zero-order chi connectivity index (χ0) is 15.1. The number of rotatable bonds is 8. The van der Waals surface area contributed by atoms with Gasteiger partial charge in [0.05, 0.1) is 0 Å². The molecule has 5 nitrogen and oxygen atoms in total. The number of hydrogen-bond donors (Lipinski definition) is 1. The SMILES string of the molecule is CCCNCc1ccc(OCc2ncnn2CC)c(F)c1. The Balaban J connectivity index is 1.94. The van der Waals surface area contributed by atoms with E-state index in [2.05, 4.69) is 22.3 Å². The molecule has 0 amide bonds. The Labute approximate surface area is 124 Å². The lowest BCUT2D eigenvalue weighted by Crippen LogP contribution is -2.14. The topological polar surface area (TPSA) is 52.0 Å². The van der Waals surface area contributed by atoms with E-state index in [-0.39, 0.29) is 18.2 Å². The van der Waals surface area contributed by atoms with E-state index in [9.17, 15) is 4.39 Å². The van der Waals surface area contributed by atoms with Crippen molar-refractivity contribution < 1.29 is 9.13 Å². The van der Waals surface area contributed by atoms with Gasteiger partial charge in [-0.15, -0.1) is 0 Å². The zero-order valence-electron chi connectivity index (χ0n) is 12.5. The fraction of sp³-hybridized carbons (Fsp3) is 0.467. The van der Waals surface area contributed by atoms with Crippen molar-refractivity contribution in [1.82, 2.24) is 20.1 Å². The van der Waals surface area contributed by atoms with Crippen LogP contribution in [0.1, 0.15) is 31.7 Å². The fourth-order valence-electron chi connectivity index (χ4n) is 1.99. The molecule has 2 aromatic rings. The zero-order valence-corrected chi connectivity index (χ0v) is 12.5. The first-order valence-corrected chi connectivity index (χ1v) is 7.23. The molecular formula is C15H21FN4O. The molecule has 0 saturated carbocycles. The molecule has 0 saturated heterocycles. The summed E-state index contributed by atoms with van der Waals surface area (Å²) in [5.41, 5.74) is 0.907. The first-order chi connectivity index (χ1) is 10.2. The van der Waals surface area contributed by atoms with Gasteiger partial charge in [0.15, 0.2) is 17.4 Å². The molecule has 0 fully saturated rings. The maximum atomic E-state index is 14.0. The molecule has 0 aliphatic heterocycles. The molecule has 2 rings (SSSR count). The van der Waals surface area contributed by atoms with Gasteiger partial charge in [0.1, 0.15) is 12.9 Å². The Morgan fingerprint density at radius 2 is 2.19 bits per heavy atom. The van der Waals surface area contributed by atoms with E-state index < -0.39 is 0 Å². The number of nitrogens with one attached hydrogen (secondary N) is 1. The van der Waals surface area contributed by atoms with Crippen molar-refractivity contribution >= 4 is 0 Å². The van der Waals surface area contributed by atoms with E-state index in [4.69, 9.17) is 4.74 Å². The third kappa shape index (κ3) is 4.26. The average Bonchev–Trinajstić information content (AvgIpc) is 2.94. The lowest BCUT2D eigenvalue weighted by Gasteiger charge is -2.09. The molecular weight excluding hydrogens is 271 g/mol. The van der Waals surface area contributed by atoms with E-state index in [0.29, 0.717) is 18.9 Å². The summed E-state index contributed by atoms with van der Waals surface area (Å²) in [5.74, 6) is 0.568. The summed E-state index contributed by atoms with van der Waals surface area (Å²) < 4.78 is 21.2. The number of aryl methyl sites for hydroxylation is 1.